The fraction of sp³-hybridized carbons (Fsp3) is 0. The van der Waals surface area contributed by atoms with Gasteiger partial charge in [0.15, 0.2) is 0 Å². The molecule has 0 saturated heterocycles. The molecule has 0 heterocycles. The molecule has 0 amide bonds. The SMILES string of the molecule is O=[N+]([O-])c1ccc([S-])cc1.c1cc[c]([Pb]([c]2ccccc2)[c]2ccccc2)cc1. The average molecular weight is 593 g/mol. The van der Waals surface area contributed by atoms with Crippen LogP contribution in [0.1, 0.15) is 0 Å². The van der Waals surface area contributed by atoms with Crippen molar-refractivity contribution in [1.29, 1.82) is 0 Å². The molecule has 0 aromatic heterocycles. The molecule has 0 atom stereocenters. The third-order valence-electron chi connectivity index (χ3n) is 4.23. The number of rotatable bonds is 4. The number of nitro groups is 1. The second-order valence-electron chi connectivity index (χ2n) is 6.22. The molecule has 0 fully saturated rings. The van der Waals surface area contributed by atoms with Crippen molar-refractivity contribution >= 4 is 50.4 Å². The number of nitro benzene ring substituents is 1. The van der Waals surface area contributed by atoms with E-state index in [0.717, 1.165) is 0 Å². The second kappa shape index (κ2) is 10.8. The summed E-state index contributed by atoms with van der Waals surface area (Å²) in [7, 11) is 0. The van der Waals surface area contributed by atoms with E-state index >= 15 is 0 Å². The quantitative estimate of drug-likeness (QED) is 0.157. The first kappa shape index (κ1) is 21.1. The van der Waals surface area contributed by atoms with Gasteiger partial charge in [0.25, 0.3) is 5.69 Å². The van der Waals surface area contributed by atoms with E-state index < -0.39 is 27.6 Å². The van der Waals surface area contributed by atoms with Crippen LogP contribution in [0.3, 0.4) is 0 Å². The molecule has 4 aromatic carbocycles. The van der Waals surface area contributed by atoms with Crippen LogP contribution < -0.4 is 9.37 Å². The van der Waals surface area contributed by atoms with Gasteiger partial charge in [-0.25, -0.2) is 0 Å². The Morgan fingerprint density at radius 2 is 0.931 bits per heavy atom. The number of benzene rings is 4. The van der Waals surface area contributed by atoms with Crippen molar-refractivity contribution in [3.63, 3.8) is 0 Å². The van der Waals surface area contributed by atoms with E-state index in [4.69, 9.17) is 12.6 Å². The van der Waals surface area contributed by atoms with Crippen molar-refractivity contribution in [2.75, 3.05) is 0 Å². The molecule has 3 nitrogen and oxygen atoms in total. The van der Waals surface area contributed by atoms with Crippen LogP contribution in [-0.4, -0.2) is 27.6 Å². The Bertz CT molecular complexity index is 933. The van der Waals surface area contributed by atoms with Crippen LogP contribution in [0, 0.1) is 10.1 Å². The van der Waals surface area contributed by atoms with Gasteiger partial charge in [0.1, 0.15) is 0 Å². The molecule has 0 bridgehead atoms. The second-order valence-corrected chi connectivity index (χ2v) is 16.3. The molecule has 0 spiro atoms. The zero-order valence-corrected chi connectivity index (χ0v) is 20.3. The van der Waals surface area contributed by atoms with Gasteiger partial charge in [0.2, 0.25) is 0 Å². The van der Waals surface area contributed by atoms with Crippen LogP contribution in [0.15, 0.2) is 120 Å². The summed E-state index contributed by atoms with van der Waals surface area (Å²) in [5.74, 6) is 0. The first-order valence-electron chi connectivity index (χ1n) is 9.10. The molecule has 4 aromatic rings. The van der Waals surface area contributed by atoms with E-state index in [-0.39, 0.29) is 5.69 Å². The molecule has 29 heavy (non-hydrogen) atoms. The average Bonchev–Trinajstić information content (AvgIpc) is 2.77. The van der Waals surface area contributed by atoms with Gasteiger partial charge >= 0.3 is 123 Å². The molecule has 0 aliphatic rings. The summed E-state index contributed by atoms with van der Waals surface area (Å²) < 4.78 is 4.64. The van der Waals surface area contributed by atoms with Crippen LogP contribution in [0.2, 0.25) is 0 Å². The van der Waals surface area contributed by atoms with E-state index in [0.29, 0.717) is 4.90 Å². The molecule has 0 aliphatic carbocycles. The van der Waals surface area contributed by atoms with Crippen LogP contribution in [0.5, 0.6) is 0 Å². The fourth-order valence-corrected chi connectivity index (χ4v) is 13.0. The molecular formula is C24H19NO2PbS-. The van der Waals surface area contributed by atoms with Crippen LogP contribution in [0.25, 0.3) is 0 Å². The van der Waals surface area contributed by atoms with Crippen molar-refractivity contribution in [2.24, 2.45) is 0 Å². The van der Waals surface area contributed by atoms with Crippen molar-refractivity contribution < 1.29 is 4.92 Å². The monoisotopic (exact) mass is 593 g/mol. The van der Waals surface area contributed by atoms with E-state index in [1.165, 1.54) is 24.3 Å². The Morgan fingerprint density at radius 3 is 1.24 bits per heavy atom. The van der Waals surface area contributed by atoms with Gasteiger partial charge < -0.3 is 12.6 Å². The predicted molar refractivity (Wildman–Crippen MR) is 123 cm³/mol. The summed E-state index contributed by atoms with van der Waals surface area (Å²) >= 11 is 2.56. The van der Waals surface area contributed by atoms with Crippen molar-refractivity contribution in [3.05, 3.63) is 125 Å². The van der Waals surface area contributed by atoms with Gasteiger partial charge in [-0.3, -0.25) is 10.1 Å². The summed E-state index contributed by atoms with van der Waals surface area (Å²) in [6.07, 6.45) is 0. The molecule has 5 heteroatoms. The minimum atomic E-state index is -2.17. The number of hydrogen-bond donors (Lipinski definition) is 0. The third kappa shape index (κ3) is 6.20. The Balaban J connectivity index is 0.000000204. The first-order chi connectivity index (χ1) is 14.1. The first-order valence-corrected chi connectivity index (χ1v) is 15.3. The van der Waals surface area contributed by atoms with Crippen LogP contribution in [0.4, 0.5) is 5.69 Å². The zero-order chi connectivity index (χ0) is 20.5. The van der Waals surface area contributed by atoms with Gasteiger partial charge in [-0.15, -0.1) is 0 Å². The Morgan fingerprint density at radius 1 is 0.586 bits per heavy atom. The number of non-ortho nitro benzene ring substituents is 1. The topological polar surface area (TPSA) is 43.1 Å². The third-order valence-corrected chi connectivity index (χ3v) is 15.1. The van der Waals surface area contributed by atoms with Gasteiger partial charge in [0, 0.05) is 12.1 Å². The summed E-state index contributed by atoms with van der Waals surface area (Å²) in [5.41, 5.74) is 0.0774. The van der Waals surface area contributed by atoms with Crippen LogP contribution >= 0.6 is 0 Å². The fourth-order valence-electron chi connectivity index (χ4n) is 2.88. The van der Waals surface area contributed by atoms with E-state index in [9.17, 15) is 10.1 Å². The van der Waals surface area contributed by atoms with E-state index in [1.807, 2.05) is 0 Å². The molecular weight excluding hydrogens is 574 g/mol. The normalized spacial score (nSPS) is 10.1. The maximum absolute atomic E-state index is 10.1. The number of hydrogen-bond acceptors (Lipinski definition) is 3. The zero-order valence-electron chi connectivity index (χ0n) is 15.6. The van der Waals surface area contributed by atoms with Crippen LogP contribution in [-0.2, 0) is 12.6 Å². The standard InChI is InChI=1S/C6H5NO2S.3C6H5.Pb/c8-7(9)5-1-3-6(10)4-2-5;3*1-2-4-6-5-3-1;/h1-4,10H;3*1-5H;/p-1. The summed E-state index contributed by atoms with van der Waals surface area (Å²) in [6.45, 7) is 0. The molecule has 143 valence electrons. The summed E-state index contributed by atoms with van der Waals surface area (Å²) in [6, 6.07) is 38.9. The molecule has 1 radical (unpaired) electrons. The summed E-state index contributed by atoms with van der Waals surface area (Å²) in [4.78, 5) is 10.3. The van der Waals surface area contributed by atoms with Gasteiger partial charge in [-0.2, -0.15) is 4.90 Å². The van der Waals surface area contributed by atoms with Gasteiger partial charge in [-0.05, 0) is 0 Å². The molecule has 4 rings (SSSR count). The van der Waals surface area contributed by atoms with Gasteiger partial charge in [0.05, 0.1) is 4.92 Å². The minimum absolute atomic E-state index is 0.0774. The Labute approximate surface area is 184 Å². The van der Waals surface area contributed by atoms with Crippen molar-refractivity contribution in [1.82, 2.24) is 0 Å². The molecule has 0 saturated carbocycles. The molecule has 0 N–H and O–H groups in total. The molecule has 0 unspecified atom stereocenters. The number of nitrogens with zero attached hydrogens (tertiary/aromatic N) is 1. The van der Waals surface area contributed by atoms with Gasteiger partial charge in [-0.1, -0.05) is 12.1 Å². The van der Waals surface area contributed by atoms with Crippen molar-refractivity contribution in [2.45, 2.75) is 4.90 Å². The maximum atomic E-state index is 10.1. The Kier molecular flexibility index (Phi) is 7.89. The van der Waals surface area contributed by atoms with E-state index in [1.54, 1.807) is 9.37 Å². The van der Waals surface area contributed by atoms with E-state index in [2.05, 4.69) is 91.0 Å². The Hall–Kier alpha value is -2.58. The predicted octanol–water partition coefficient (Wildman–Crippen LogP) is 3.70. The molecule has 0 aliphatic heterocycles. The summed E-state index contributed by atoms with van der Waals surface area (Å²) in [5, 5.41) is 10.1. The van der Waals surface area contributed by atoms with Crippen molar-refractivity contribution in [3.8, 4) is 0 Å².